The summed E-state index contributed by atoms with van der Waals surface area (Å²) in [5.74, 6) is 0. The van der Waals surface area contributed by atoms with Crippen LogP contribution in [0.4, 0.5) is 0 Å². The Morgan fingerprint density at radius 1 is 1.67 bits per heavy atom. The van der Waals surface area contributed by atoms with Gasteiger partial charge in [-0.25, -0.2) is 4.98 Å². The van der Waals surface area contributed by atoms with Crippen LogP contribution in [0.3, 0.4) is 0 Å². The smallest absolute Gasteiger partial charge is 0.0797 e. The van der Waals surface area contributed by atoms with E-state index in [9.17, 15) is 0 Å². The van der Waals surface area contributed by atoms with E-state index in [1.165, 1.54) is 10.6 Å². The molecule has 0 radical (unpaired) electrons. The zero-order valence-electron chi connectivity index (χ0n) is 9.16. The Balaban J connectivity index is 1.94. The van der Waals surface area contributed by atoms with E-state index >= 15 is 0 Å². The first kappa shape index (κ1) is 11.0. The highest BCUT2D eigenvalue weighted by atomic mass is 32.1. The Hall–Kier alpha value is -0.450. The summed E-state index contributed by atoms with van der Waals surface area (Å²) in [5.41, 5.74) is 9.18. The molecule has 2 N–H and O–H groups in total. The summed E-state index contributed by atoms with van der Waals surface area (Å²) in [6.07, 6.45) is 3.34. The van der Waals surface area contributed by atoms with Crippen molar-refractivity contribution in [1.82, 2.24) is 4.98 Å². The van der Waals surface area contributed by atoms with Crippen LogP contribution in [0.1, 0.15) is 23.4 Å². The first-order chi connectivity index (χ1) is 7.26. The number of rotatable bonds is 4. The number of ether oxygens (including phenoxy) is 1. The lowest BCUT2D eigenvalue weighted by molar-refractivity contribution is 0.150. The molecule has 1 atom stereocenters. The van der Waals surface area contributed by atoms with E-state index in [0.29, 0.717) is 0 Å². The van der Waals surface area contributed by atoms with Crippen LogP contribution in [-0.2, 0) is 11.2 Å². The van der Waals surface area contributed by atoms with E-state index in [1.807, 2.05) is 5.51 Å². The Kier molecular flexibility index (Phi) is 3.38. The molecule has 0 amide bonds. The monoisotopic (exact) mass is 226 g/mol. The van der Waals surface area contributed by atoms with Crippen molar-refractivity contribution in [3.8, 4) is 0 Å². The lowest BCUT2D eigenvalue weighted by Gasteiger charge is -2.24. The number of hydrogen-bond acceptors (Lipinski definition) is 4. The van der Waals surface area contributed by atoms with Crippen LogP contribution in [0, 0.1) is 12.3 Å². The molecule has 1 aromatic rings. The van der Waals surface area contributed by atoms with Crippen molar-refractivity contribution in [2.45, 2.75) is 26.2 Å². The number of aryl methyl sites for hydroxylation is 2. The van der Waals surface area contributed by atoms with Crippen LogP contribution in [0.2, 0.25) is 0 Å². The van der Waals surface area contributed by atoms with E-state index in [-0.39, 0.29) is 5.41 Å². The topological polar surface area (TPSA) is 48.1 Å². The fourth-order valence-corrected chi connectivity index (χ4v) is 2.84. The molecule has 2 heterocycles. The van der Waals surface area contributed by atoms with E-state index < -0.39 is 0 Å². The number of thiazole rings is 1. The van der Waals surface area contributed by atoms with Crippen molar-refractivity contribution in [1.29, 1.82) is 0 Å². The molecule has 1 aromatic heterocycles. The Morgan fingerprint density at radius 2 is 2.53 bits per heavy atom. The number of hydrogen-bond donors (Lipinski definition) is 1. The SMILES string of the molecule is Cc1ncsc1CCC1(CN)CCOC1. The summed E-state index contributed by atoms with van der Waals surface area (Å²) >= 11 is 1.75. The molecule has 1 unspecified atom stereocenters. The number of nitrogens with zero attached hydrogens (tertiary/aromatic N) is 1. The first-order valence-electron chi connectivity index (χ1n) is 5.42. The van der Waals surface area contributed by atoms with Crippen LogP contribution in [0.5, 0.6) is 0 Å². The second-order valence-corrected chi connectivity index (χ2v) is 5.31. The van der Waals surface area contributed by atoms with Crippen LogP contribution in [0.15, 0.2) is 5.51 Å². The highest BCUT2D eigenvalue weighted by Gasteiger charge is 2.33. The van der Waals surface area contributed by atoms with Gasteiger partial charge in [0.25, 0.3) is 0 Å². The van der Waals surface area contributed by atoms with Crippen molar-refractivity contribution in [2.24, 2.45) is 11.1 Å². The molecule has 4 heteroatoms. The lowest BCUT2D eigenvalue weighted by Crippen LogP contribution is -2.31. The fourth-order valence-electron chi connectivity index (χ4n) is 2.05. The van der Waals surface area contributed by atoms with Crippen LogP contribution < -0.4 is 5.73 Å². The standard InChI is InChI=1S/C11H18N2OS/c1-9-10(15-8-13-9)2-3-11(6-12)4-5-14-7-11/h8H,2-7,12H2,1H3. The maximum Gasteiger partial charge on any atom is 0.0797 e. The molecule has 0 aromatic carbocycles. The molecular formula is C11H18N2OS. The molecule has 0 spiro atoms. The minimum atomic E-state index is 0.233. The molecule has 2 rings (SSSR count). The van der Waals surface area contributed by atoms with Gasteiger partial charge in [-0.15, -0.1) is 11.3 Å². The molecule has 1 fully saturated rings. The van der Waals surface area contributed by atoms with Crippen LogP contribution >= 0.6 is 11.3 Å². The van der Waals surface area contributed by atoms with E-state index in [1.54, 1.807) is 11.3 Å². The summed E-state index contributed by atoms with van der Waals surface area (Å²) < 4.78 is 5.46. The third kappa shape index (κ3) is 2.38. The minimum Gasteiger partial charge on any atom is -0.381 e. The lowest BCUT2D eigenvalue weighted by atomic mass is 9.82. The van der Waals surface area contributed by atoms with Gasteiger partial charge in [-0.05, 0) is 26.2 Å². The summed E-state index contributed by atoms with van der Waals surface area (Å²) in [7, 11) is 0. The van der Waals surface area contributed by atoms with Gasteiger partial charge in [-0.3, -0.25) is 0 Å². The molecule has 3 nitrogen and oxygen atoms in total. The Labute approximate surface area is 94.7 Å². The molecule has 1 saturated heterocycles. The molecular weight excluding hydrogens is 208 g/mol. The van der Waals surface area contributed by atoms with Crippen LogP contribution in [0.25, 0.3) is 0 Å². The number of nitrogens with two attached hydrogens (primary N) is 1. The van der Waals surface area contributed by atoms with Gasteiger partial charge in [0.05, 0.1) is 17.8 Å². The zero-order chi connectivity index (χ0) is 10.7. The van der Waals surface area contributed by atoms with Gasteiger partial charge in [0.2, 0.25) is 0 Å². The highest BCUT2D eigenvalue weighted by molar-refractivity contribution is 7.09. The average Bonchev–Trinajstić information content (AvgIpc) is 2.85. The Morgan fingerprint density at radius 3 is 3.07 bits per heavy atom. The minimum absolute atomic E-state index is 0.233. The largest absolute Gasteiger partial charge is 0.381 e. The third-order valence-electron chi connectivity index (χ3n) is 3.35. The van der Waals surface area contributed by atoms with Crippen molar-refractivity contribution in [3.63, 3.8) is 0 Å². The van der Waals surface area contributed by atoms with Gasteiger partial charge in [-0.1, -0.05) is 0 Å². The molecule has 1 aliphatic heterocycles. The number of aromatic nitrogens is 1. The van der Waals surface area contributed by atoms with E-state index in [4.69, 9.17) is 10.5 Å². The summed E-state index contributed by atoms with van der Waals surface area (Å²) in [4.78, 5) is 5.66. The van der Waals surface area contributed by atoms with Gasteiger partial charge < -0.3 is 10.5 Å². The molecule has 0 bridgehead atoms. The second kappa shape index (κ2) is 4.60. The predicted octanol–water partition coefficient (Wildman–Crippen LogP) is 1.75. The first-order valence-corrected chi connectivity index (χ1v) is 6.30. The molecule has 15 heavy (non-hydrogen) atoms. The predicted molar refractivity (Wildman–Crippen MR) is 62.1 cm³/mol. The Bertz CT molecular complexity index is 318. The molecule has 0 saturated carbocycles. The van der Waals surface area contributed by atoms with Crippen molar-refractivity contribution < 1.29 is 4.74 Å². The summed E-state index contributed by atoms with van der Waals surface area (Å²) in [5, 5.41) is 0. The zero-order valence-corrected chi connectivity index (χ0v) is 9.98. The average molecular weight is 226 g/mol. The van der Waals surface area contributed by atoms with Crippen molar-refractivity contribution in [2.75, 3.05) is 19.8 Å². The van der Waals surface area contributed by atoms with Gasteiger partial charge in [0.15, 0.2) is 0 Å². The molecule has 0 aliphatic carbocycles. The van der Waals surface area contributed by atoms with E-state index in [0.717, 1.165) is 39.0 Å². The van der Waals surface area contributed by atoms with Gasteiger partial charge in [0.1, 0.15) is 0 Å². The quantitative estimate of drug-likeness (QED) is 0.851. The highest BCUT2D eigenvalue weighted by Crippen LogP contribution is 2.33. The fraction of sp³-hybridized carbons (Fsp3) is 0.727. The van der Waals surface area contributed by atoms with Crippen LogP contribution in [-0.4, -0.2) is 24.7 Å². The van der Waals surface area contributed by atoms with Crippen molar-refractivity contribution in [3.05, 3.63) is 16.1 Å². The summed E-state index contributed by atoms with van der Waals surface area (Å²) in [6.45, 7) is 4.52. The van der Waals surface area contributed by atoms with E-state index in [2.05, 4.69) is 11.9 Å². The van der Waals surface area contributed by atoms with Gasteiger partial charge in [-0.2, -0.15) is 0 Å². The van der Waals surface area contributed by atoms with Gasteiger partial charge >= 0.3 is 0 Å². The van der Waals surface area contributed by atoms with Gasteiger partial charge in [0, 0.05) is 23.4 Å². The maximum absolute atomic E-state index is 5.85. The molecule has 1 aliphatic rings. The normalized spacial score (nSPS) is 26.0. The third-order valence-corrected chi connectivity index (χ3v) is 4.34. The second-order valence-electron chi connectivity index (χ2n) is 4.37. The molecule has 84 valence electrons. The van der Waals surface area contributed by atoms with Crippen molar-refractivity contribution >= 4 is 11.3 Å². The summed E-state index contributed by atoms with van der Waals surface area (Å²) in [6, 6.07) is 0. The maximum atomic E-state index is 5.85.